The zero-order valence-corrected chi connectivity index (χ0v) is 15.2. The molecule has 3 nitrogen and oxygen atoms in total. The lowest BCUT2D eigenvalue weighted by Gasteiger charge is -2.17. The van der Waals surface area contributed by atoms with E-state index in [1.165, 1.54) is 18.4 Å². The van der Waals surface area contributed by atoms with E-state index < -0.39 is 0 Å². The van der Waals surface area contributed by atoms with Gasteiger partial charge in [0.2, 0.25) is 0 Å². The molecule has 1 aromatic heterocycles. The van der Waals surface area contributed by atoms with Crippen LogP contribution in [-0.4, -0.2) is 45.5 Å². The van der Waals surface area contributed by atoms with Gasteiger partial charge in [-0.2, -0.15) is 0 Å². The molecule has 1 aliphatic carbocycles. The highest BCUT2D eigenvalue weighted by molar-refractivity contribution is 8.01. The van der Waals surface area contributed by atoms with Gasteiger partial charge in [-0.1, -0.05) is 11.8 Å². The van der Waals surface area contributed by atoms with Crippen molar-refractivity contribution in [1.29, 1.82) is 0 Å². The van der Waals surface area contributed by atoms with Gasteiger partial charge < -0.3 is 4.74 Å². The number of halogens is 1. The first-order valence-electron chi connectivity index (χ1n) is 6.67. The number of methoxy groups -OCH3 is 1. The fraction of sp³-hybridized carbons (Fsp3) is 0.571. The van der Waals surface area contributed by atoms with Crippen molar-refractivity contribution in [3.8, 4) is 10.7 Å². The molecule has 1 fully saturated rings. The molecule has 1 aliphatic rings. The largest absolute Gasteiger partial charge is 0.464 e. The predicted molar refractivity (Wildman–Crippen MR) is 88.2 cm³/mol. The van der Waals surface area contributed by atoms with Gasteiger partial charge in [-0.15, -0.1) is 28.9 Å². The lowest BCUT2D eigenvalue weighted by atomic mass is 9.94. The standard InChI is InChI=1S/C14H15ClNO2S2.Al/c1-3-9-4-5-11(15)10(9)6-7-19-14-16-12(8-20-14)13(17)18-2;/h8-11H,4-7H2,2H3;/t9-,10+,11+;/m0./s1. The molecular weight excluding hydrogens is 341 g/mol. The molecule has 21 heavy (non-hydrogen) atoms. The molecule has 0 saturated heterocycles. The molecular formula is C14H15AlClNO2S2. The van der Waals surface area contributed by atoms with Crippen molar-refractivity contribution in [2.75, 3.05) is 12.9 Å². The minimum absolute atomic E-state index is 0.225. The highest BCUT2D eigenvalue weighted by atomic mass is 35.5. The van der Waals surface area contributed by atoms with Crippen LogP contribution >= 0.6 is 34.7 Å². The van der Waals surface area contributed by atoms with Gasteiger partial charge in [0.25, 0.3) is 16.3 Å². The van der Waals surface area contributed by atoms with Gasteiger partial charge in [0, 0.05) is 22.4 Å². The summed E-state index contributed by atoms with van der Waals surface area (Å²) in [6.45, 7) is 0. The summed E-state index contributed by atoms with van der Waals surface area (Å²) in [5.74, 6) is 4.66. The lowest BCUT2D eigenvalue weighted by molar-refractivity contribution is 0.0594. The van der Waals surface area contributed by atoms with E-state index in [9.17, 15) is 4.79 Å². The molecule has 1 heterocycles. The van der Waals surface area contributed by atoms with Crippen molar-refractivity contribution in [3.63, 3.8) is 0 Å². The van der Waals surface area contributed by atoms with Crippen molar-refractivity contribution in [2.24, 2.45) is 11.8 Å². The Morgan fingerprint density at radius 2 is 2.48 bits per heavy atom. The molecule has 0 unspecified atom stereocenters. The third-order valence-corrected chi connectivity index (χ3v) is 6.32. The van der Waals surface area contributed by atoms with Gasteiger partial charge in [0.1, 0.15) is 0 Å². The Bertz CT molecular complexity index is 555. The van der Waals surface area contributed by atoms with E-state index in [1.54, 1.807) is 17.1 Å². The van der Waals surface area contributed by atoms with Gasteiger partial charge >= 0.3 is 5.97 Å². The minimum atomic E-state index is -0.384. The van der Waals surface area contributed by atoms with Gasteiger partial charge in [-0.25, -0.2) is 14.6 Å². The molecule has 2 radical (unpaired) electrons. The topological polar surface area (TPSA) is 39.2 Å². The minimum Gasteiger partial charge on any atom is -0.464 e. The second kappa shape index (κ2) is 8.46. The maximum absolute atomic E-state index is 11.3. The summed E-state index contributed by atoms with van der Waals surface area (Å²) in [4.78, 5) is 18.5. The number of nitrogens with zero attached hydrogens (tertiary/aromatic N) is 1. The molecule has 0 spiro atoms. The fourth-order valence-corrected chi connectivity index (χ4v) is 5.04. The molecule has 1 saturated carbocycles. The van der Waals surface area contributed by atoms with Crippen LogP contribution in [0.25, 0.3) is 0 Å². The number of thiazole rings is 1. The predicted octanol–water partition coefficient (Wildman–Crippen LogP) is 3.17. The van der Waals surface area contributed by atoms with E-state index in [0.29, 0.717) is 17.5 Å². The SMILES string of the molecule is COC(=O)c1csc(SCC[C@H]2[C@H](Cl)CC[C@@H]2C#[C][Al])n1. The number of carbonyl (C=O) groups is 1. The zero-order chi connectivity index (χ0) is 15.2. The fourth-order valence-electron chi connectivity index (χ4n) is 2.49. The molecule has 0 bridgehead atoms. The quantitative estimate of drug-likeness (QED) is 0.267. The normalized spacial score (nSPS) is 24.4. The Balaban J connectivity index is 1.84. The Hall–Kier alpha value is -0.168. The summed E-state index contributed by atoms with van der Waals surface area (Å²) < 4.78 is 5.55. The molecule has 110 valence electrons. The highest BCUT2D eigenvalue weighted by Gasteiger charge is 2.33. The van der Waals surface area contributed by atoms with Crippen LogP contribution in [0.3, 0.4) is 0 Å². The Morgan fingerprint density at radius 3 is 3.19 bits per heavy atom. The van der Waals surface area contributed by atoms with Crippen molar-refractivity contribution >= 4 is 57.0 Å². The van der Waals surface area contributed by atoms with Gasteiger partial charge in [-0.05, 0) is 25.2 Å². The molecule has 0 aliphatic heterocycles. The first-order chi connectivity index (χ1) is 10.2. The molecule has 1 aromatic rings. The molecule has 0 aromatic carbocycles. The first-order valence-corrected chi connectivity index (χ1v) is 9.55. The summed E-state index contributed by atoms with van der Waals surface area (Å²) in [7, 11) is 1.36. The number of esters is 1. The number of ether oxygens (including phenoxy) is 1. The van der Waals surface area contributed by atoms with Crippen LogP contribution in [0.4, 0.5) is 0 Å². The van der Waals surface area contributed by atoms with Crippen LogP contribution < -0.4 is 0 Å². The first kappa shape index (κ1) is 17.2. The van der Waals surface area contributed by atoms with Crippen molar-refractivity contribution in [2.45, 2.75) is 29.0 Å². The van der Waals surface area contributed by atoms with Crippen molar-refractivity contribution < 1.29 is 9.53 Å². The molecule has 0 amide bonds. The number of hydrogen-bond acceptors (Lipinski definition) is 5. The van der Waals surface area contributed by atoms with Gasteiger partial charge in [0.15, 0.2) is 10.0 Å². The average molecular weight is 356 g/mol. The van der Waals surface area contributed by atoms with E-state index in [2.05, 4.69) is 36.7 Å². The van der Waals surface area contributed by atoms with Crippen LogP contribution in [0.5, 0.6) is 0 Å². The van der Waals surface area contributed by atoms with Crippen LogP contribution in [0.15, 0.2) is 9.72 Å². The second-order valence-corrected chi connectivity index (χ2v) is 7.83. The summed E-state index contributed by atoms with van der Waals surface area (Å²) >= 11 is 12.0. The van der Waals surface area contributed by atoms with E-state index >= 15 is 0 Å². The smallest absolute Gasteiger partial charge is 0.357 e. The third kappa shape index (κ3) is 4.65. The number of rotatable bonds is 5. The van der Waals surface area contributed by atoms with E-state index in [4.69, 9.17) is 11.6 Å². The van der Waals surface area contributed by atoms with Gasteiger partial charge in [0.05, 0.1) is 7.11 Å². The summed E-state index contributed by atoms with van der Waals surface area (Å²) in [6, 6.07) is 0. The maximum Gasteiger partial charge on any atom is 0.357 e. The zero-order valence-electron chi connectivity index (χ0n) is 11.7. The van der Waals surface area contributed by atoms with Gasteiger partial charge in [-0.3, -0.25) is 0 Å². The number of thioether (sulfide) groups is 1. The summed E-state index contributed by atoms with van der Waals surface area (Å²) in [5.41, 5.74) is 0.382. The average Bonchev–Trinajstić information content (AvgIpc) is 3.08. The van der Waals surface area contributed by atoms with Crippen molar-refractivity contribution in [3.05, 3.63) is 11.1 Å². The molecule has 3 atom stereocenters. The number of carbonyl (C=O) groups excluding carboxylic acids is 1. The number of aromatic nitrogens is 1. The third-order valence-electron chi connectivity index (χ3n) is 3.56. The molecule has 7 heteroatoms. The van der Waals surface area contributed by atoms with Crippen LogP contribution in [0.2, 0.25) is 0 Å². The Morgan fingerprint density at radius 1 is 1.67 bits per heavy atom. The molecule has 2 rings (SSSR count). The lowest BCUT2D eigenvalue weighted by Crippen LogP contribution is -2.15. The second-order valence-electron chi connectivity index (χ2n) is 4.78. The maximum atomic E-state index is 11.3. The number of hydrogen-bond donors (Lipinski definition) is 0. The monoisotopic (exact) mass is 355 g/mol. The van der Waals surface area contributed by atoms with Crippen LogP contribution in [0.1, 0.15) is 29.8 Å². The van der Waals surface area contributed by atoms with E-state index in [1.807, 2.05) is 0 Å². The van der Waals surface area contributed by atoms with Crippen molar-refractivity contribution in [1.82, 2.24) is 4.98 Å². The summed E-state index contributed by atoms with van der Waals surface area (Å²) in [6.07, 6.45) is 3.16. The van der Waals surface area contributed by atoms with E-state index in [-0.39, 0.29) is 11.3 Å². The van der Waals surface area contributed by atoms with Crippen LogP contribution in [0, 0.1) is 22.5 Å². The van der Waals surface area contributed by atoms with Crippen LogP contribution in [-0.2, 0) is 4.74 Å². The number of alkyl halides is 1. The Kier molecular flexibility index (Phi) is 6.93. The highest BCUT2D eigenvalue weighted by Crippen LogP contribution is 2.39. The Labute approximate surface area is 146 Å². The van der Waals surface area contributed by atoms with E-state index in [0.717, 1.165) is 29.4 Å². The summed E-state index contributed by atoms with van der Waals surface area (Å²) in [5, 5.41) is 1.96. The molecule has 0 N–H and O–H groups in total.